The van der Waals surface area contributed by atoms with E-state index in [9.17, 15) is 4.79 Å². The quantitative estimate of drug-likeness (QED) is 0.762. The Hall–Kier alpha value is -1.36. The molecule has 0 spiro atoms. The number of carbonyl (C=O) groups excluding carboxylic acids is 1. The highest BCUT2D eigenvalue weighted by Gasteiger charge is 2.15. The van der Waals surface area contributed by atoms with Gasteiger partial charge in [0, 0.05) is 12.5 Å². The van der Waals surface area contributed by atoms with E-state index in [0.717, 1.165) is 29.9 Å². The fraction of sp³-hybridized carbons (Fsp3) is 0.692. The van der Waals surface area contributed by atoms with Crippen molar-refractivity contribution in [1.29, 1.82) is 0 Å². The standard InChI is InChI=1S/C13H24N4O/c1-9(2)17-11(4)13(10(3)16-17)15-12(18)7-5-6-8-14/h9H,5-8,14H2,1-4H3,(H,15,18). The molecule has 1 amide bonds. The predicted octanol–water partition coefficient (Wildman–Crippen LogP) is 2.15. The van der Waals surface area contributed by atoms with E-state index in [1.54, 1.807) is 0 Å². The van der Waals surface area contributed by atoms with Crippen LogP contribution in [0.1, 0.15) is 50.5 Å². The molecule has 0 aliphatic rings. The summed E-state index contributed by atoms with van der Waals surface area (Å²) < 4.78 is 1.94. The molecule has 0 fully saturated rings. The lowest BCUT2D eigenvalue weighted by molar-refractivity contribution is -0.116. The molecule has 0 aliphatic heterocycles. The summed E-state index contributed by atoms with van der Waals surface area (Å²) >= 11 is 0. The van der Waals surface area contributed by atoms with Gasteiger partial charge in [-0.3, -0.25) is 9.48 Å². The predicted molar refractivity (Wildman–Crippen MR) is 73.6 cm³/mol. The number of aromatic nitrogens is 2. The first-order chi connectivity index (χ1) is 8.47. The maximum Gasteiger partial charge on any atom is 0.224 e. The molecule has 0 aliphatic carbocycles. The topological polar surface area (TPSA) is 72.9 Å². The van der Waals surface area contributed by atoms with Crippen LogP contribution in [0.3, 0.4) is 0 Å². The summed E-state index contributed by atoms with van der Waals surface area (Å²) in [5, 5.41) is 7.39. The molecule has 1 aromatic rings. The smallest absolute Gasteiger partial charge is 0.224 e. The summed E-state index contributed by atoms with van der Waals surface area (Å²) in [6.07, 6.45) is 2.23. The maximum atomic E-state index is 11.8. The van der Waals surface area contributed by atoms with E-state index in [1.165, 1.54) is 0 Å². The van der Waals surface area contributed by atoms with Gasteiger partial charge in [-0.15, -0.1) is 0 Å². The fourth-order valence-corrected chi connectivity index (χ4v) is 1.98. The average molecular weight is 252 g/mol. The van der Waals surface area contributed by atoms with Gasteiger partial charge in [0.05, 0.1) is 17.1 Å². The Kier molecular flexibility index (Phi) is 5.34. The number of hydrogen-bond donors (Lipinski definition) is 2. The molecule has 5 heteroatoms. The van der Waals surface area contributed by atoms with Crippen LogP contribution in [0, 0.1) is 13.8 Å². The fourth-order valence-electron chi connectivity index (χ4n) is 1.98. The van der Waals surface area contributed by atoms with E-state index in [-0.39, 0.29) is 5.91 Å². The van der Waals surface area contributed by atoms with Gasteiger partial charge in [0.2, 0.25) is 5.91 Å². The van der Waals surface area contributed by atoms with Crippen molar-refractivity contribution in [3.8, 4) is 0 Å². The van der Waals surface area contributed by atoms with Gasteiger partial charge in [-0.1, -0.05) is 0 Å². The molecule has 3 N–H and O–H groups in total. The summed E-state index contributed by atoms with van der Waals surface area (Å²) in [5.74, 6) is 0.0398. The molecule has 0 unspecified atom stereocenters. The van der Waals surface area contributed by atoms with Crippen LogP contribution >= 0.6 is 0 Å². The minimum atomic E-state index is 0.0398. The lowest BCUT2D eigenvalue weighted by atomic mass is 10.2. The van der Waals surface area contributed by atoms with Crippen LogP contribution in [0.15, 0.2) is 0 Å². The number of rotatable bonds is 6. The summed E-state index contributed by atoms with van der Waals surface area (Å²) in [5.41, 5.74) is 8.13. The number of aryl methyl sites for hydroxylation is 1. The van der Waals surface area contributed by atoms with Crippen LogP contribution in [-0.2, 0) is 4.79 Å². The first-order valence-corrected chi connectivity index (χ1v) is 6.53. The van der Waals surface area contributed by atoms with Crippen molar-refractivity contribution in [1.82, 2.24) is 9.78 Å². The summed E-state index contributed by atoms with van der Waals surface area (Å²) in [6.45, 7) is 8.69. The molecular formula is C13H24N4O. The van der Waals surface area contributed by atoms with Gasteiger partial charge in [0.15, 0.2) is 0 Å². The third-order valence-corrected chi connectivity index (χ3v) is 2.94. The van der Waals surface area contributed by atoms with Crippen molar-refractivity contribution in [3.63, 3.8) is 0 Å². The second kappa shape index (κ2) is 6.54. The van der Waals surface area contributed by atoms with Gasteiger partial charge in [-0.05, 0) is 47.1 Å². The Labute approximate surface area is 109 Å². The molecule has 18 heavy (non-hydrogen) atoms. The molecule has 0 bridgehead atoms. The lowest BCUT2D eigenvalue weighted by Gasteiger charge is -2.09. The molecule has 0 aromatic carbocycles. The Balaban J connectivity index is 2.70. The van der Waals surface area contributed by atoms with Crippen molar-refractivity contribution >= 4 is 11.6 Å². The minimum Gasteiger partial charge on any atom is -0.330 e. The molecule has 102 valence electrons. The molecule has 5 nitrogen and oxygen atoms in total. The SMILES string of the molecule is Cc1nn(C(C)C)c(C)c1NC(=O)CCCCN. The van der Waals surface area contributed by atoms with E-state index in [4.69, 9.17) is 5.73 Å². The van der Waals surface area contributed by atoms with Crippen LogP contribution in [0.2, 0.25) is 0 Å². The van der Waals surface area contributed by atoms with Crippen LogP contribution in [0.4, 0.5) is 5.69 Å². The van der Waals surface area contributed by atoms with Crippen LogP contribution in [-0.4, -0.2) is 22.2 Å². The van der Waals surface area contributed by atoms with Gasteiger partial charge in [0.1, 0.15) is 0 Å². The van der Waals surface area contributed by atoms with Crippen molar-refractivity contribution in [2.24, 2.45) is 5.73 Å². The van der Waals surface area contributed by atoms with Crippen LogP contribution in [0.5, 0.6) is 0 Å². The van der Waals surface area contributed by atoms with Crippen molar-refractivity contribution < 1.29 is 4.79 Å². The van der Waals surface area contributed by atoms with Gasteiger partial charge in [-0.2, -0.15) is 5.10 Å². The normalized spacial score (nSPS) is 11.0. The highest BCUT2D eigenvalue weighted by atomic mass is 16.1. The average Bonchev–Trinajstić information content (AvgIpc) is 2.57. The Morgan fingerprint density at radius 3 is 2.56 bits per heavy atom. The number of anilines is 1. The van der Waals surface area contributed by atoms with Crippen LogP contribution in [0.25, 0.3) is 0 Å². The number of nitrogens with two attached hydrogens (primary N) is 1. The van der Waals surface area contributed by atoms with Crippen molar-refractivity contribution in [2.75, 3.05) is 11.9 Å². The summed E-state index contributed by atoms with van der Waals surface area (Å²) in [7, 11) is 0. The molecular weight excluding hydrogens is 228 g/mol. The zero-order chi connectivity index (χ0) is 13.7. The number of nitrogens with one attached hydrogen (secondary N) is 1. The van der Waals surface area contributed by atoms with E-state index >= 15 is 0 Å². The van der Waals surface area contributed by atoms with Crippen molar-refractivity contribution in [3.05, 3.63) is 11.4 Å². The number of amides is 1. The highest BCUT2D eigenvalue weighted by Crippen LogP contribution is 2.22. The Morgan fingerprint density at radius 2 is 2.06 bits per heavy atom. The van der Waals surface area contributed by atoms with Gasteiger partial charge >= 0.3 is 0 Å². The number of hydrogen-bond acceptors (Lipinski definition) is 3. The van der Waals surface area contributed by atoms with E-state index in [1.807, 2.05) is 18.5 Å². The zero-order valence-electron chi connectivity index (χ0n) is 11.8. The third-order valence-electron chi connectivity index (χ3n) is 2.94. The second-order valence-corrected chi connectivity index (χ2v) is 4.88. The first kappa shape index (κ1) is 14.7. The second-order valence-electron chi connectivity index (χ2n) is 4.88. The van der Waals surface area contributed by atoms with Crippen molar-refractivity contribution in [2.45, 2.75) is 53.0 Å². The van der Waals surface area contributed by atoms with E-state index < -0.39 is 0 Å². The maximum absolute atomic E-state index is 11.8. The van der Waals surface area contributed by atoms with Gasteiger partial charge in [0.25, 0.3) is 0 Å². The van der Waals surface area contributed by atoms with Gasteiger partial charge < -0.3 is 11.1 Å². The highest BCUT2D eigenvalue weighted by molar-refractivity contribution is 5.91. The monoisotopic (exact) mass is 252 g/mol. The molecule has 0 radical (unpaired) electrons. The lowest BCUT2D eigenvalue weighted by Crippen LogP contribution is -2.13. The zero-order valence-corrected chi connectivity index (χ0v) is 11.8. The van der Waals surface area contributed by atoms with Gasteiger partial charge in [-0.25, -0.2) is 0 Å². The molecule has 1 aromatic heterocycles. The molecule has 0 saturated carbocycles. The summed E-state index contributed by atoms with van der Waals surface area (Å²) in [4.78, 5) is 11.8. The summed E-state index contributed by atoms with van der Waals surface area (Å²) in [6, 6.07) is 0.298. The minimum absolute atomic E-state index is 0.0398. The largest absolute Gasteiger partial charge is 0.330 e. The molecule has 0 atom stereocenters. The first-order valence-electron chi connectivity index (χ1n) is 6.53. The number of carbonyl (C=O) groups is 1. The van der Waals surface area contributed by atoms with Crippen LogP contribution < -0.4 is 11.1 Å². The third kappa shape index (κ3) is 3.57. The molecule has 1 rings (SSSR count). The molecule has 1 heterocycles. The Morgan fingerprint density at radius 1 is 1.39 bits per heavy atom. The number of unbranched alkanes of at least 4 members (excludes halogenated alkanes) is 1. The Bertz CT molecular complexity index is 409. The molecule has 0 saturated heterocycles. The van der Waals surface area contributed by atoms with E-state index in [2.05, 4.69) is 24.3 Å². The van der Waals surface area contributed by atoms with E-state index in [0.29, 0.717) is 19.0 Å². The number of nitrogens with zero attached hydrogens (tertiary/aromatic N) is 2.